The van der Waals surface area contributed by atoms with Crippen molar-refractivity contribution in [3.63, 3.8) is 0 Å². The quantitative estimate of drug-likeness (QED) is 0.872. The Morgan fingerprint density at radius 1 is 1.25 bits per heavy atom. The maximum absolute atomic E-state index is 12.8. The van der Waals surface area contributed by atoms with E-state index in [1.807, 2.05) is 43.9 Å². The van der Waals surface area contributed by atoms with Crippen LogP contribution < -0.4 is 5.32 Å². The van der Waals surface area contributed by atoms with E-state index < -0.39 is 5.60 Å². The summed E-state index contributed by atoms with van der Waals surface area (Å²) in [6.45, 7) is 9.50. The van der Waals surface area contributed by atoms with Gasteiger partial charge in [-0.25, -0.2) is 4.79 Å². The molecule has 1 aromatic rings. The fraction of sp³-hybridized carbons (Fsp3) is 0.650. The molecule has 0 heterocycles. The van der Waals surface area contributed by atoms with Crippen LogP contribution in [0.25, 0.3) is 0 Å². The molecule has 1 N–H and O–H groups in total. The van der Waals surface area contributed by atoms with Crippen LogP contribution in [-0.4, -0.2) is 35.2 Å². The van der Waals surface area contributed by atoms with Gasteiger partial charge in [-0.1, -0.05) is 37.3 Å². The standard InChI is InChI=1S/C20H32N2O2/c1-5-21-17-12-9-13-18(14-17)22(19(23)24-20(2,3)4)15-16-10-7-6-8-11-16/h6-8,10-11,17-18,21H,5,9,12-15H2,1-4H3/t17-,18-/m0/s1. The Labute approximate surface area is 146 Å². The zero-order valence-corrected chi connectivity index (χ0v) is 15.5. The zero-order chi connectivity index (χ0) is 17.6. The van der Waals surface area contributed by atoms with Crippen LogP contribution in [0.1, 0.15) is 58.9 Å². The van der Waals surface area contributed by atoms with Crippen LogP contribution in [-0.2, 0) is 11.3 Å². The van der Waals surface area contributed by atoms with Crippen LogP contribution in [0.15, 0.2) is 30.3 Å². The number of rotatable bonds is 5. The van der Waals surface area contributed by atoms with E-state index in [1.54, 1.807) is 0 Å². The van der Waals surface area contributed by atoms with Crippen molar-refractivity contribution in [3.05, 3.63) is 35.9 Å². The molecule has 1 aliphatic rings. The van der Waals surface area contributed by atoms with Crippen molar-refractivity contribution < 1.29 is 9.53 Å². The largest absolute Gasteiger partial charge is 0.444 e. The second-order valence-corrected chi connectivity index (χ2v) is 7.67. The first-order chi connectivity index (χ1) is 11.4. The molecule has 0 saturated heterocycles. The molecule has 0 radical (unpaired) electrons. The molecule has 24 heavy (non-hydrogen) atoms. The third-order valence-corrected chi connectivity index (χ3v) is 4.40. The maximum Gasteiger partial charge on any atom is 0.410 e. The van der Waals surface area contributed by atoms with E-state index in [-0.39, 0.29) is 12.1 Å². The lowest BCUT2D eigenvalue weighted by Gasteiger charge is -2.38. The first kappa shape index (κ1) is 18.8. The molecule has 0 aromatic heterocycles. The van der Waals surface area contributed by atoms with Gasteiger partial charge in [0.25, 0.3) is 0 Å². The Balaban J connectivity index is 2.13. The summed E-state index contributed by atoms with van der Waals surface area (Å²) in [4.78, 5) is 14.7. The van der Waals surface area contributed by atoms with E-state index in [9.17, 15) is 4.79 Å². The van der Waals surface area contributed by atoms with Gasteiger partial charge in [0.1, 0.15) is 5.60 Å². The van der Waals surface area contributed by atoms with Crippen molar-refractivity contribution >= 4 is 6.09 Å². The van der Waals surface area contributed by atoms with Crippen molar-refractivity contribution in [1.29, 1.82) is 0 Å². The van der Waals surface area contributed by atoms with Gasteiger partial charge in [-0.2, -0.15) is 0 Å². The van der Waals surface area contributed by atoms with Crippen LogP contribution in [0, 0.1) is 0 Å². The van der Waals surface area contributed by atoms with Gasteiger partial charge in [-0.15, -0.1) is 0 Å². The highest BCUT2D eigenvalue weighted by atomic mass is 16.6. The third kappa shape index (κ3) is 5.82. The van der Waals surface area contributed by atoms with Gasteiger partial charge in [0.05, 0.1) is 0 Å². The second kappa shape index (κ2) is 8.52. The number of ether oxygens (including phenoxy) is 1. The molecule has 1 aromatic carbocycles. The van der Waals surface area contributed by atoms with Gasteiger partial charge in [0.15, 0.2) is 0 Å². The fourth-order valence-electron chi connectivity index (χ4n) is 3.36. The highest BCUT2D eigenvalue weighted by Crippen LogP contribution is 2.26. The van der Waals surface area contributed by atoms with Crippen LogP contribution in [0.2, 0.25) is 0 Å². The van der Waals surface area contributed by atoms with E-state index in [4.69, 9.17) is 4.74 Å². The molecule has 0 spiro atoms. The number of amides is 1. The maximum atomic E-state index is 12.8. The number of hydrogen-bond donors (Lipinski definition) is 1. The average molecular weight is 332 g/mol. The van der Waals surface area contributed by atoms with Crippen LogP contribution in [0.4, 0.5) is 4.79 Å². The minimum absolute atomic E-state index is 0.200. The Kier molecular flexibility index (Phi) is 6.67. The van der Waals surface area contributed by atoms with Crippen LogP contribution in [0.3, 0.4) is 0 Å². The minimum atomic E-state index is -0.470. The Morgan fingerprint density at radius 3 is 2.58 bits per heavy atom. The van der Waals surface area contributed by atoms with Gasteiger partial charge in [0.2, 0.25) is 0 Å². The molecule has 1 aliphatic carbocycles. The Morgan fingerprint density at radius 2 is 1.96 bits per heavy atom. The topological polar surface area (TPSA) is 41.6 Å². The average Bonchev–Trinajstić information content (AvgIpc) is 2.52. The lowest BCUT2D eigenvalue weighted by Crippen LogP contribution is -2.48. The summed E-state index contributed by atoms with van der Waals surface area (Å²) in [6, 6.07) is 10.9. The van der Waals surface area contributed by atoms with Crippen molar-refractivity contribution in [3.8, 4) is 0 Å². The van der Waals surface area contributed by atoms with Gasteiger partial charge in [-0.3, -0.25) is 0 Å². The van der Waals surface area contributed by atoms with Gasteiger partial charge >= 0.3 is 6.09 Å². The van der Waals surface area contributed by atoms with Gasteiger partial charge in [0, 0.05) is 18.6 Å². The van der Waals surface area contributed by atoms with E-state index in [0.717, 1.165) is 31.4 Å². The highest BCUT2D eigenvalue weighted by Gasteiger charge is 2.32. The lowest BCUT2D eigenvalue weighted by molar-refractivity contribution is 0.00837. The molecular weight excluding hydrogens is 300 g/mol. The zero-order valence-electron chi connectivity index (χ0n) is 15.5. The smallest absolute Gasteiger partial charge is 0.410 e. The fourth-order valence-corrected chi connectivity index (χ4v) is 3.36. The molecule has 0 bridgehead atoms. The summed E-state index contributed by atoms with van der Waals surface area (Å²) in [6.07, 6.45) is 4.19. The van der Waals surface area contributed by atoms with E-state index in [1.165, 1.54) is 6.42 Å². The first-order valence-corrected chi connectivity index (χ1v) is 9.16. The molecule has 0 unspecified atom stereocenters. The molecule has 134 valence electrons. The summed E-state index contributed by atoms with van der Waals surface area (Å²) in [5, 5.41) is 3.54. The number of carbonyl (C=O) groups is 1. The van der Waals surface area contributed by atoms with Crippen molar-refractivity contribution in [1.82, 2.24) is 10.2 Å². The molecule has 4 heteroatoms. The van der Waals surface area contributed by atoms with Crippen LogP contribution in [0.5, 0.6) is 0 Å². The second-order valence-electron chi connectivity index (χ2n) is 7.67. The first-order valence-electron chi connectivity index (χ1n) is 9.16. The summed E-state index contributed by atoms with van der Waals surface area (Å²) in [5.74, 6) is 0. The summed E-state index contributed by atoms with van der Waals surface area (Å²) < 4.78 is 5.69. The number of benzene rings is 1. The molecule has 2 atom stereocenters. The highest BCUT2D eigenvalue weighted by molar-refractivity contribution is 5.68. The number of hydrogen-bond acceptors (Lipinski definition) is 3. The summed E-state index contributed by atoms with van der Waals surface area (Å²) >= 11 is 0. The number of nitrogens with zero attached hydrogens (tertiary/aromatic N) is 1. The molecule has 4 nitrogen and oxygen atoms in total. The predicted molar refractivity (Wildman–Crippen MR) is 97.9 cm³/mol. The van der Waals surface area contributed by atoms with Crippen molar-refractivity contribution in [2.75, 3.05) is 6.54 Å². The molecule has 1 saturated carbocycles. The number of nitrogens with one attached hydrogen (secondary N) is 1. The van der Waals surface area contributed by atoms with Gasteiger partial charge < -0.3 is 15.0 Å². The monoisotopic (exact) mass is 332 g/mol. The predicted octanol–water partition coefficient (Wildman–Crippen LogP) is 4.34. The molecule has 2 rings (SSSR count). The Hall–Kier alpha value is -1.55. The summed E-state index contributed by atoms with van der Waals surface area (Å²) in [7, 11) is 0. The normalized spacial score (nSPS) is 21.3. The SMILES string of the molecule is CCN[C@H]1CCC[C@H](N(Cc2ccccc2)C(=O)OC(C)(C)C)C1. The third-order valence-electron chi connectivity index (χ3n) is 4.40. The van der Waals surface area contributed by atoms with E-state index in [0.29, 0.717) is 12.6 Å². The molecule has 0 aliphatic heterocycles. The van der Waals surface area contributed by atoms with Gasteiger partial charge in [-0.05, 0) is 58.6 Å². The summed E-state index contributed by atoms with van der Waals surface area (Å²) in [5.41, 5.74) is 0.677. The minimum Gasteiger partial charge on any atom is -0.444 e. The molecule has 1 fully saturated rings. The molecular formula is C20H32N2O2. The van der Waals surface area contributed by atoms with E-state index >= 15 is 0 Å². The lowest BCUT2D eigenvalue weighted by atomic mass is 9.89. The van der Waals surface area contributed by atoms with Crippen molar-refractivity contribution in [2.45, 2.75) is 77.6 Å². The van der Waals surface area contributed by atoms with Crippen LogP contribution >= 0.6 is 0 Å². The molecule has 1 amide bonds. The Bertz CT molecular complexity index is 508. The van der Waals surface area contributed by atoms with Crippen molar-refractivity contribution in [2.24, 2.45) is 0 Å². The number of carbonyl (C=O) groups excluding carboxylic acids is 1. The van der Waals surface area contributed by atoms with E-state index in [2.05, 4.69) is 24.4 Å².